The van der Waals surface area contributed by atoms with Gasteiger partial charge in [-0.25, -0.2) is 4.57 Å². The molecule has 0 aromatic carbocycles. The number of aromatic nitrogens is 1. The molecule has 1 aromatic heterocycles. The molecule has 132 valence electrons. The Morgan fingerprint density at radius 2 is 1.22 bits per heavy atom. The Balaban J connectivity index is 2.17. The molecule has 0 saturated heterocycles. The van der Waals surface area contributed by atoms with Crippen LogP contribution in [0.3, 0.4) is 0 Å². The zero-order chi connectivity index (χ0) is 16.6. The third-order valence-electron chi connectivity index (χ3n) is 4.82. The second kappa shape index (κ2) is 14.7. The smallest absolute Gasteiger partial charge is 0.181 e. The zero-order valence-corrected chi connectivity index (χ0v) is 15.9. The van der Waals surface area contributed by atoms with E-state index in [1.165, 1.54) is 102 Å². The first-order valence-corrected chi connectivity index (χ1v) is 10.4. The summed E-state index contributed by atoms with van der Waals surface area (Å²) in [6, 6.07) is 6.72. The Labute approximate surface area is 145 Å². The van der Waals surface area contributed by atoms with Gasteiger partial charge in [0.15, 0.2) is 11.9 Å². The molecule has 0 spiro atoms. The van der Waals surface area contributed by atoms with Crippen molar-refractivity contribution in [3.8, 4) is 0 Å². The van der Waals surface area contributed by atoms with Gasteiger partial charge in [0.2, 0.25) is 0 Å². The summed E-state index contributed by atoms with van der Waals surface area (Å²) >= 11 is 0. The van der Waals surface area contributed by atoms with E-state index in [4.69, 9.17) is 0 Å². The van der Waals surface area contributed by atoms with Crippen LogP contribution in [-0.2, 0) is 13.0 Å². The molecule has 0 amide bonds. The molecule has 0 saturated carbocycles. The summed E-state index contributed by atoms with van der Waals surface area (Å²) in [6.07, 6.45) is 21.6. The number of rotatable bonds is 15. The number of hydrogen-bond donors (Lipinski definition) is 0. The summed E-state index contributed by atoms with van der Waals surface area (Å²) in [7, 11) is 0. The topological polar surface area (TPSA) is 3.88 Å². The van der Waals surface area contributed by atoms with E-state index < -0.39 is 0 Å². The molecule has 1 nitrogen and oxygen atoms in total. The minimum Gasteiger partial charge on any atom is -0.202 e. The van der Waals surface area contributed by atoms with Gasteiger partial charge in [-0.05, 0) is 12.8 Å². The number of nitrogens with zero attached hydrogens (tertiary/aromatic N) is 1. The van der Waals surface area contributed by atoms with Gasteiger partial charge in [0.1, 0.15) is 6.54 Å². The lowest BCUT2D eigenvalue weighted by molar-refractivity contribution is -0.704. The Morgan fingerprint density at radius 1 is 0.652 bits per heavy atom. The van der Waals surface area contributed by atoms with Crippen molar-refractivity contribution in [3.63, 3.8) is 0 Å². The molecule has 0 aliphatic heterocycles. The Hall–Kier alpha value is -0.850. The highest BCUT2D eigenvalue weighted by atomic mass is 14.9. The molecular formula is C22H40N+. The van der Waals surface area contributed by atoms with Crippen molar-refractivity contribution in [3.05, 3.63) is 30.1 Å². The predicted molar refractivity (Wildman–Crippen MR) is 102 cm³/mol. The molecular weight excluding hydrogens is 278 g/mol. The van der Waals surface area contributed by atoms with Crippen molar-refractivity contribution >= 4 is 0 Å². The lowest BCUT2D eigenvalue weighted by Crippen LogP contribution is -2.37. The first kappa shape index (κ1) is 20.2. The quantitative estimate of drug-likeness (QED) is 0.252. The van der Waals surface area contributed by atoms with Crippen LogP contribution < -0.4 is 4.57 Å². The zero-order valence-electron chi connectivity index (χ0n) is 15.9. The van der Waals surface area contributed by atoms with E-state index in [0.717, 1.165) is 0 Å². The van der Waals surface area contributed by atoms with Gasteiger partial charge < -0.3 is 0 Å². The van der Waals surface area contributed by atoms with Gasteiger partial charge in [-0.15, -0.1) is 0 Å². The fraction of sp³-hybridized carbons (Fsp3) is 0.773. The molecule has 0 aliphatic rings. The van der Waals surface area contributed by atoms with Gasteiger partial charge in [-0.1, -0.05) is 84.1 Å². The number of unbranched alkanes of at least 4 members (excludes halogenated alkanes) is 11. The molecule has 0 unspecified atom stereocenters. The van der Waals surface area contributed by atoms with E-state index in [9.17, 15) is 0 Å². The third-order valence-corrected chi connectivity index (χ3v) is 4.82. The summed E-state index contributed by atoms with van der Waals surface area (Å²) in [6.45, 7) is 5.78. The van der Waals surface area contributed by atoms with Gasteiger partial charge >= 0.3 is 0 Å². The molecule has 0 N–H and O–H groups in total. The fourth-order valence-corrected chi connectivity index (χ4v) is 3.28. The second-order valence-corrected chi connectivity index (χ2v) is 7.02. The van der Waals surface area contributed by atoms with Crippen molar-refractivity contribution < 1.29 is 4.57 Å². The van der Waals surface area contributed by atoms with E-state index in [0.29, 0.717) is 0 Å². The van der Waals surface area contributed by atoms with Crippen molar-refractivity contribution in [2.24, 2.45) is 0 Å². The van der Waals surface area contributed by atoms with Crippen LogP contribution in [0.25, 0.3) is 0 Å². The average molecular weight is 319 g/mol. The number of pyridine rings is 1. The maximum Gasteiger partial charge on any atom is 0.181 e. The summed E-state index contributed by atoms with van der Waals surface area (Å²) in [5, 5.41) is 0. The summed E-state index contributed by atoms with van der Waals surface area (Å²) in [5.74, 6) is 0. The number of aryl methyl sites for hydroxylation is 2. The molecule has 1 heterocycles. The molecule has 0 atom stereocenters. The summed E-state index contributed by atoms with van der Waals surface area (Å²) < 4.78 is 2.50. The first-order valence-electron chi connectivity index (χ1n) is 10.4. The standard InChI is InChI=1S/C22H40N/c1-3-5-7-9-11-12-14-18-22-19-15-17-21-23(22)20-16-13-10-8-6-4-2/h15,17,19,21H,3-14,16,18,20H2,1-2H3/q+1. The van der Waals surface area contributed by atoms with Crippen LogP contribution in [0.4, 0.5) is 0 Å². The summed E-state index contributed by atoms with van der Waals surface area (Å²) in [5.41, 5.74) is 1.54. The monoisotopic (exact) mass is 318 g/mol. The predicted octanol–water partition coefficient (Wildman–Crippen LogP) is 6.63. The van der Waals surface area contributed by atoms with Crippen LogP contribution in [0.15, 0.2) is 24.4 Å². The Morgan fingerprint density at radius 3 is 1.87 bits per heavy atom. The maximum atomic E-state index is 2.50. The maximum absolute atomic E-state index is 2.50. The minimum atomic E-state index is 1.21. The van der Waals surface area contributed by atoms with Gasteiger partial charge in [0.05, 0.1) is 0 Å². The molecule has 1 heteroatoms. The van der Waals surface area contributed by atoms with Crippen LogP contribution in [-0.4, -0.2) is 0 Å². The average Bonchev–Trinajstić information content (AvgIpc) is 2.58. The van der Waals surface area contributed by atoms with E-state index >= 15 is 0 Å². The lowest BCUT2D eigenvalue weighted by Gasteiger charge is -2.05. The van der Waals surface area contributed by atoms with Gasteiger partial charge in [-0.3, -0.25) is 0 Å². The highest BCUT2D eigenvalue weighted by molar-refractivity contribution is 4.97. The van der Waals surface area contributed by atoms with Gasteiger partial charge in [0, 0.05) is 25.0 Å². The van der Waals surface area contributed by atoms with Crippen molar-refractivity contribution in [1.29, 1.82) is 0 Å². The third kappa shape index (κ3) is 10.5. The molecule has 1 rings (SSSR count). The van der Waals surface area contributed by atoms with Crippen molar-refractivity contribution in [1.82, 2.24) is 0 Å². The molecule has 0 fully saturated rings. The van der Waals surface area contributed by atoms with E-state index in [1.807, 2.05) is 0 Å². The van der Waals surface area contributed by atoms with Crippen molar-refractivity contribution in [2.75, 3.05) is 0 Å². The fourth-order valence-electron chi connectivity index (χ4n) is 3.28. The SMILES string of the molecule is CCCCCCCCCc1cccc[n+]1CCCCCCCC. The minimum absolute atomic E-state index is 1.21. The van der Waals surface area contributed by atoms with Crippen molar-refractivity contribution in [2.45, 2.75) is 110 Å². The van der Waals surface area contributed by atoms with Crippen LogP contribution in [0.2, 0.25) is 0 Å². The molecule has 0 radical (unpaired) electrons. The van der Waals surface area contributed by atoms with Crippen LogP contribution in [0, 0.1) is 0 Å². The van der Waals surface area contributed by atoms with E-state index in [-0.39, 0.29) is 0 Å². The highest BCUT2D eigenvalue weighted by Crippen LogP contribution is 2.09. The second-order valence-electron chi connectivity index (χ2n) is 7.02. The summed E-state index contributed by atoms with van der Waals surface area (Å²) in [4.78, 5) is 0. The van der Waals surface area contributed by atoms with E-state index in [2.05, 4.69) is 42.8 Å². The van der Waals surface area contributed by atoms with E-state index in [1.54, 1.807) is 0 Å². The Kier molecular flexibility index (Phi) is 12.9. The Bertz CT molecular complexity index is 372. The lowest BCUT2D eigenvalue weighted by atomic mass is 10.1. The molecule has 0 aliphatic carbocycles. The van der Waals surface area contributed by atoms with Gasteiger partial charge in [-0.2, -0.15) is 0 Å². The first-order chi connectivity index (χ1) is 11.4. The van der Waals surface area contributed by atoms with Crippen LogP contribution in [0.5, 0.6) is 0 Å². The molecule has 1 aromatic rings. The van der Waals surface area contributed by atoms with Gasteiger partial charge in [0.25, 0.3) is 0 Å². The number of hydrogen-bond acceptors (Lipinski definition) is 0. The largest absolute Gasteiger partial charge is 0.202 e. The molecule has 0 bridgehead atoms. The molecule has 23 heavy (non-hydrogen) atoms. The normalized spacial score (nSPS) is 11.0. The van der Waals surface area contributed by atoms with Crippen LogP contribution in [0.1, 0.15) is 103 Å². The van der Waals surface area contributed by atoms with Crippen LogP contribution >= 0.6 is 0 Å². The highest BCUT2D eigenvalue weighted by Gasteiger charge is 2.08.